The number of fused-ring (bicyclic) bond motifs is 4. The second-order valence-electron chi connectivity index (χ2n) is 11.4. The van der Waals surface area contributed by atoms with Gasteiger partial charge in [0.05, 0.1) is 18.5 Å². The highest BCUT2D eigenvalue weighted by atomic mass is 16.5. The zero-order chi connectivity index (χ0) is 30.1. The molecule has 1 N–H and O–H groups in total. The van der Waals surface area contributed by atoms with E-state index < -0.39 is 0 Å². The number of rotatable bonds is 7. The van der Waals surface area contributed by atoms with E-state index in [4.69, 9.17) is 4.74 Å². The molecule has 43 heavy (non-hydrogen) atoms. The van der Waals surface area contributed by atoms with Crippen molar-refractivity contribution in [2.45, 2.75) is 32.7 Å². The minimum absolute atomic E-state index is 0.0463. The molecule has 0 spiro atoms. The predicted octanol–water partition coefficient (Wildman–Crippen LogP) is 5.71. The molecule has 8 nitrogen and oxygen atoms in total. The van der Waals surface area contributed by atoms with E-state index in [2.05, 4.69) is 10.2 Å². The van der Waals surface area contributed by atoms with Gasteiger partial charge < -0.3 is 24.4 Å². The second kappa shape index (κ2) is 11.8. The lowest BCUT2D eigenvalue weighted by Crippen LogP contribution is -2.47. The number of hydrogen-bond donors (Lipinski definition) is 1. The molecule has 2 bridgehead atoms. The third kappa shape index (κ3) is 5.65. The molecular formula is C35H36N4O4. The Labute approximate surface area is 251 Å². The lowest BCUT2D eigenvalue weighted by molar-refractivity contribution is 0.0985. The maximum Gasteiger partial charge on any atom is 0.258 e. The maximum absolute atomic E-state index is 13.8. The number of nitrogens with zero attached hydrogens (tertiary/aromatic N) is 3. The van der Waals surface area contributed by atoms with Crippen molar-refractivity contribution in [1.29, 1.82) is 0 Å². The summed E-state index contributed by atoms with van der Waals surface area (Å²) in [5.41, 5.74) is 5.43. The Hall–Kier alpha value is -4.85. The lowest BCUT2D eigenvalue weighted by Gasteiger charge is -2.44. The van der Waals surface area contributed by atoms with Crippen molar-refractivity contribution >= 4 is 28.9 Å². The average Bonchev–Trinajstić information content (AvgIpc) is 3.02. The fraction of sp³-hybridized carbons (Fsp3) is 0.286. The smallest absolute Gasteiger partial charge is 0.258 e. The summed E-state index contributed by atoms with van der Waals surface area (Å²) in [7, 11) is 1.59. The van der Waals surface area contributed by atoms with E-state index in [-0.39, 0.29) is 23.3 Å². The fourth-order valence-electron chi connectivity index (χ4n) is 6.47. The number of piperidine rings is 1. The molecule has 2 aliphatic rings. The van der Waals surface area contributed by atoms with Crippen LogP contribution < -0.4 is 25.4 Å². The van der Waals surface area contributed by atoms with Crippen molar-refractivity contribution < 1.29 is 14.3 Å². The normalized spacial score (nSPS) is 17.1. The molecule has 1 saturated heterocycles. The highest BCUT2D eigenvalue weighted by Crippen LogP contribution is 2.39. The third-order valence-electron chi connectivity index (χ3n) is 8.54. The summed E-state index contributed by atoms with van der Waals surface area (Å²) in [6.07, 6.45) is 1.02. The van der Waals surface area contributed by atoms with Crippen molar-refractivity contribution in [1.82, 2.24) is 4.57 Å². The molecule has 2 atom stereocenters. The van der Waals surface area contributed by atoms with Crippen molar-refractivity contribution in [3.05, 3.63) is 118 Å². The fourth-order valence-corrected chi connectivity index (χ4v) is 6.47. The van der Waals surface area contributed by atoms with Gasteiger partial charge in [-0.25, -0.2) is 0 Å². The van der Waals surface area contributed by atoms with Gasteiger partial charge in [-0.2, -0.15) is 0 Å². The Morgan fingerprint density at radius 2 is 1.70 bits per heavy atom. The van der Waals surface area contributed by atoms with Crippen LogP contribution in [0.5, 0.6) is 5.75 Å². The van der Waals surface area contributed by atoms with Crippen LogP contribution in [0.15, 0.2) is 89.7 Å². The molecule has 0 aliphatic carbocycles. The van der Waals surface area contributed by atoms with Gasteiger partial charge in [0.25, 0.3) is 17.4 Å². The summed E-state index contributed by atoms with van der Waals surface area (Å²) in [5, 5.41) is 3.11. The van der Waals surface area contributed by atoms with Crippen molar-refractivity contribution in [2.24, 2.45) is 5.92 Å². The van der Waals surface area contributed by atoms with Gasteiger partial charge in [0.2, 0.25) is 0 Å². The van der Waals surface area contributed by atoms with Crippen LogP contribution in [0, 0.1) is 12.8 Å². The third-order valence-corrected chi connectivity index (χ3v) is 8.54. The summed E-state index contributed by atoms with van der Waals surface area (Å²) in [6, 6.07) is 25.9. The number of amides is 2. The van der Waals surface area contributed by atoms with Crippen LogP contribution >= 0.6 is 0 Å². The van der Waals surface area contributed by atoms with Gasteiger partial charge in [0.1, 0.15) is 5.75 Å². The molecule has 0 unspecified atom stereocenters. The van der Waals surface area contributed by atoms with Gasteiger partial charge in [-0.3, -0.25) is 14.4 Å². The Bertz CT molecular complexity index is 1730. The Balaban J connectivity index is 1.35. The largest absolute Gasteiger partial charge is 0.497 e. The van der Waals surface area contributed by atoms with Crippen LogP contribution in [0.2, 0.25) is 0 Å². The predicted molar refractivity (Wildman–Crippen MR) is 170 cm³/mol. The zero-order valence-corrected chi connectivity index (χ0v) is 24.7. The molecule has 0 saturated carbocycles. The van der Waals surface area contributed by atoms with Crippen LogP contribution in [0.3, 0.4) is 0 Å². The zero-order valence-electron chi connectivity index (χ0n) is 24.7. The lowest BCUT2D eigenvalue weighted by atomic mass is 9.83. The van der Waals surface area contributed by atoms with E-state index in [1.165, 1.54) is 0 Å². The first-order valence-corrected chi connectivity index (χ1v) is 14.8. The number of anilines is 3. The summed E-state index contributed by atoms with van der Waals surface area (Å²) in [5.74, 6) is 0.761. The van der Waals surface area contributed by atoms with E-state index in [0.717, 1.165) is 35.6 Å². The summed E-state index contributed by atoms with van der Waals surface area (Å²) < 4.78 is 7.16. The SMILES string of the molecule is CCN(C(=O)c1ccc(N2C[C@H]3C[C@@H](C2)c2cccc(=O)n2C3)c(NC(=O)c2ccc(OC)cc2)c1)c1cccc(C)c1. The maximum atomic E-state index is 13.8. The van der Waals surface area contributed by atoms with E-state index in [1.807, 2.05) is 66.9 Å². The summed E-state index contributed by atoms with van der Waals surface area (Å²) in [4.78, 5) is 43.9. The number of benzene rings is 3. The van der Waals surface area contributed by atoms with Gasteiger partial charge in [-0.15, -0.1) is 0 Å². The standard InChI is InChI=1S/C35H36N4O4/c1-4-38(28-8-5-7-23(2)17-28)35(42)26-13-16-32(30(19-26)36-34(41)25-11-14-29(43-3)15-12-25)37-20-24-18-27(22-37)31-9-6-10-33(40)39(31)21-24/h5-17,19,24,27H,4,18,20-22H2,1-3H3,(H,36,41)/t24-,27+/m1/s1. The van der Waals surface area contributed by atoms with Crippen LogP contribution in [0.25, 0.3) is 0 Å². The average molecular weight is 577 g/mol. The summed E-state index contributed by atoms with van der Waals surface area (Å²) in [6.45, 7) is 6.60. The van der Waals surface area contributed by atoms with Crippen molar-refractivity contribution in [2.75, 3.05) is 41.9 Å². The van der Waals surface area contributed by atoms with E-state index >= 15 is 0 Å². The quantitative estimate of drug-likeness (QED) is 0.305. The van der Waals surface area contributed by atoms with Gasteiger partial charge >= 0.3 is 0 Å². The highest BCUT2D eigenvalue weighted by molar-refractivity contribution is 6.10. The molecule has 1 aromatic heterocycles. The number of methoxy groups -OCH3 is 1. The van der Waals surface area contributed by atoms with Gasteiger partial charge in [-0.05, 0) is 92.4 Å². The first-order chi connectivity index (χ1) is 20.8. The van der Waals surface area contributed by atoms with Gasteiger partial charge in [0.15, 0.2) is 0 Å². The molecule has 0 radical (unpaired) electrons. The Morgan fingerprint density at radius 3 is 2.44 bits per heavy atom. The first kappa shape index (κ1) is 28.3. The van der Waals surface area contributed by atoms with E-state index in [9.17, 15) is 14.4 Å². The topological polar surface area (TPSA) is 83.9 Å². The van der Waals surface area contributed by atoms with Gasteiger partial charge in [0, 0.05) is 60.7 Å². The van der Waals surface area contributed by atoms with E-state index in [0.29, 0.717) is 48.1 Å². The number of carbonyl (C=O) groups is 2. The van der Waals surface area contributed by atoms with Gasteiger partial charge in [-0.1, -0.05) is 18.2 Å². The van der Waals surface area contributed by atoms with Crippen molar-refractivity contribution in [3.63, 3.8) is 0 Å². The number of carbonyl (C=O) groups excluding carboxylic acids is 2. The highest BCUT2D eigenvalue weighted by Gasteiger charge is 2.35. The second-order valence-corrected chi connectivity index (χ2v) is 11.4. The molecule has 220 valence electrons. The molecule has 1 fully saturated rings. The monoisotopic (exact) mass is 576 g/mol. The number of aromatic nitrogens is 1. The molecule has 2 amide bonds. The first-order valence-electron chi connectivity index (χ1n) is 14.8. The molecule has 3 aromatic carbocycles. The van der Waals surface area contributed by atoms with Crippen LogP contribution in [-0.4, -0.2) is 43.1 Å². The Morgan fingerprint density at radius 1 is 0.930 bits per heavy atom. The molecule has 3 heterocycles. The van der Waals surface area contributed by atoms with Crippen LogP contribution in [-0.2, 0) is 6.54 Å². The molecule has 8 heteroatoms. The van der Waals surface area contributed by atoms with Crippen LogP contribution in [0.4, 0.5) is 17.1 Å². The van der Waals surface area contributed by atoms with Crippen LogP contribution in [0.1, 0.15) is 51.2 Å². The minimum Gasteiger partial charge on any atom is -0.497 e. The minimum atomic E-state index is -0.270. The van der Waals surface area contributed by atoms with E-state index in [1.54, 1.807) is 48.4 Å². The number of ether oxygens (including phenoxy) is 1. The molecular weight excluding hydrogens is 540 g/mol. The number of nitrogens with one attached hydrogen (secondary N) is 1. The molecule has 4 aromatic rings. The Kier molecular flexibility index (Phi) is 7.76. The molecule has 6 rings (SSSR count). The number of aryl methyl sites for hydroxylation is 1. The molecule has 2 aliphatic heterocycles. The van der Waals surface area contributed by atoms with Crippen molar-refractivity contribution in [3.8, 4) is 5.75 Å². The number of hydrogen-bond acceptors (Lipinski definition) is 5. The number of pyridine rings is 1. The summed E-state index contributed by atoms with van der Waals surface area (Å²) >= 11 is 0.